The van der Waals surface area contributed by atoms with Gasteiger partial charge in [0.2, 0.25) is 15.8 Å². The highest BCUT2D eigenvalue weighted by atomic mass is 32.2. The molecule has 7 nitrogen and oxygen atoms in total. The van der Waals surface area contributed by atoms with Crippen LogP contribution in [-0.4, -0.2) is 30.5 Å². The molecule has 0 aliphatic heterocycles. The van der Waals surface area contributed by atoms with Gasteiger partial charge in [0.15, 0.2) is 5.82 Å². The number of rotatable bonds is 6. The molecule has 0 saturated heterocycles. The molecule has 2 heterocycles. The number of sulfonamides is 1. The average molecular weight is 507 g/mol. The molecular weight excluding hydrogens is 489 g/mol. The molecule has 176 valence electrons. The highest BCUT2D eigenvalue weighted by Crippen LogP contribution is 2.39. The van der Waals surface area contributed by atoms with Crippen molar-refractivity contribution in [3.8, 4) is 11.1 Å². The lowest BCUT2D eigenvalue weighted by Gasteiger charge is -2.16. The molecule has 0 radical (unpaired) electrons. The van der Waals surface area contributed by atoms with E-state index in [1.165, 1.54) is 17.4 Å². The summed E-state index contributed by atoms with van der Waals surface area (Å²) < 4.78 is 68.2. The number of anilines is 1. The van der Waals surface area contributed by atoms with Crippen molar-refractivity contribution in [3.05, 3.63) is 76.2 Å². The van der Waals surface area contributed by atoms with Gasteiger partial charge in [-0.25, -0.2) is 18.4 Å². The Bertz CT molecular complexity index is 1460. The molecule has 0 aliphatic carbocycles. The second-order valence-corrected chi connectivity index (χ2v) is 10.1. The maximum absolute atomic E-state index is 14.1. The lowest BCUT2D eigenvalue weighted by Crippen LogP contribution is -2.26. The first-order chi connectivity index (χ1) is 16.0. The molecule has 4 rings (SSSR count). The number of nitrogens with zero attached hydrogens (tertiary/aromatic N) is 2. The van der Waals surface area contributed by atoms with Crippen molar-refractivity contribution in [2.45, 2.75) is 12.7 Å². The number of amides is 1. The molecule has 12 heteroatoms. The Hall–Kier alpha value is -3.51. The van der Waals surface area contributed by atoms with Gasteiger partial charge in [-0.15, -0.1) is 11.3 Å². The van der Waals surface area contributed by atoms with Gasteiger partial charge in [0.05, 0.1) is 23.9 Å². The summed E-state index contributed by atoms with van der Waals surface area (Å²) in [6.45, 7) is 0.117. The van der Waals surface area contributed by atoms with Crippen molar-refractivity contribution in [1.82, 2.24) is 15.3 Å². The second kappa shape index (κ2) is 9.03. The highest BCUT2D eigenvalue weighted by molar-refractivity contribution is 7.92. The summed E-state index contributed by atoms with van der Waals surface area (Å²) in [5, 5.41) is 4.16. The lowest BCUT2D eigenvalue weighted by molar-refractivity contribution is -0.136. The summed E-state index contributed by atoms with van der Waals surface area (Å²) in [5.74, 6) is -1.85. The predicted octanol–water partition coefficient (Wildman–Crippen LogP) is 4.68. The molecule has 0 unspecified atom stereocenters. The summed E-state index contributed by atoms with van der Waals surface area (Å²) in [5.41, 5.74) is -1.03. The minimum atomic E-state index is -4.83. The van der Waals surface area contributed by atoms with Gasteiger partial charge in [-0.1, -0.05) is 36.4 Å². The number of carbonyl (C=O) groups excluding carboxylic acids is 1. The molecule has 1 amide bonds. The van der Waals surface area contributed by atoms with E-state index in [-0.39, 0.29) is 17.5 Å². The van der Waals surface area contributed by atoms with Crippen molar-refractivity contribution < 1.29 is 26.4 Å². The fraction of sp³-hybridized carbons (Fsp3) is 0.136. The van der Waals surface area contributed by atoms with E-state index < -0.39 is 44.8 Å². The zero-order chi connectivity index (χ0) is 24.5. The van der Waals surface area contributed by atoms with Crippen LogP contribution in [0.15, 0.2) is 60.0 Å². The third kappa shape index (κ3) is 5.34. The first kappa shape index (κ1) is 23.6. The smallest absolute Gasteiger partial charge is 0.344 e. The van der Waals surface area contributed by atoms with E-state index in [0.717, 1.165) is 17.2 Å². The number of thiophene rings is 1. The number of nitrogens with one attached hydrogen (secondary N) is 2. The van der Waals surface area contributed by atoms with Crippen LogP contribution in [0.1, 0.15) is 21.1 Å². The molecular formula is C22H17F3N4O3S2. The van der Waals surface area contributed by atoms with Gasteiger partial charge in [0, 0.05) is 10.3 Å². The van der Waals surface area contributed by atoms with E-state index in [4.69, 9.17) is 0 Å². The van der Waals surface area contributed by atoms with Crippen molar-refractivity contribution in [3.63, 3.8) is 0 Å². The number of alkyl halides is 3. The second-order valence-electron chi connectivity index (χ2n) is 7.32. The van der Waals surface area contributed by atoms with Crippen LogP contribution in [0.4, 0.5) is 19.0 Å². The third-order valence-electron chi connectivity index (χ3n) is 4.70. The molecule has 0 aliphatic rings. The minimum absolute atomic E-state index is 0.117. The van der Waals surface area contributed by atoms with Gasteiger partial charge in [-0.05, 0) is 34.7 Å². The van der Waals surface area contributed by atoms with E-state index in [1.807, 2.05) is 5.38 Å². The summed E-state index contributed by atoms with van der Waals surface area (Å²) in [4.78, 5) is 21.3. The van der Waals surface area contributed by atoms with Crippen LogP contribution < -0.4 is 10.0 Å². The van der Waals surface area contributed by atoms with Crippen LogP contribution in [0.2, 0.25) is 0 Å². The number of hydrogen-bond donors (Lipinski definition) is 2. The van der Waals surface area contributed by atoms with Crippen molar-refractivity contribution in [2.75, 3.05) is 11.0 Å². The van der Waals surface area contributed by atoms with Crippen molar-refractivity contribution in [1.29, 1.82) is 0 Å². The molecule has 2 aromatic carbocycles. The number of aromatic nitrogens is 2. The van der Waals surface area contributed by atoms with Crippen LogP contribution in [0.5, 0.6) is 0 Å². The Morgan fingerprint density at radius 3 is 2.38 bits per heavy atom. The normalized spacial score (nSPS) is 12.0. The number of halogens is 3. The predicted molar refractivity (Wildman–Crippen MR) is 124 cm³/mol. The van der Waals surface area contributed by atoms with Gasteiger partial charge in [0.25, 0.3) is 5.91 Å². The Morgan fingerprint density at radius 2 is 1.76 bits per heavy atom. The molecule has 4 aromatic rings. The number of hydrogen-bond acceptors (Lipinski definition) is 6. The molecule has 0 bridgehead atoms. The average Bonchev–Trinajstić information content (AvgIpc) is 3.29. The standard InChI is InChI=1S/C22H17F3N4O3S2/c1-34(31,32)29-19-16-10-14(13-6-3-2-4-7-13)11-17(22(23,24)25)18(16)27-20(28-19)21(30)26-12-15-8-5-9-33-15/h2-11H,12H2,1H3,(H,26,30)(H,27,28,29). The van der Waals surface area contributed by atoms with Gasteiger partial charge in [-0.3, -0.25) is 9.52 Å². The number of benzene rings is 2. The molecule has 0 fully saturated rings. The van der Waals surface area contributed by atoms with Crippen molar-refractivity contribution >= 4 is 44.0 Å². The fourth-order valence-electron chi connectivity index (χ4n) is 3.26. The third-order valence-corrected chi connectivity index (χ3v) is 6.14. The maximum Gasteiger partial charge on any atom is 0.418 e. The van der Waals surface area contributed by atoms with E-state index >= 15 is 0 Å². The Morgan fingerprint density at radius 1 is 1.03 bits per heavy atom. The first-order valence-corrected chi connectivity index (χ1v) is 12.5. The van der Waals surface area contributed by atoms with Crippen LogP contribution in [0.3, 0.4) is 0 Å². The van der Waals surface area contributed by atoms with Gasteiger partial charge < -0.3 is 5.32 Å². The zero-order valence-corrected chi connectivity index (χ0v) is 19.2. The summed E-state index contributed by atoms with van der Waals surface area (Å²) in [6, 6.07) is 14.1. The fourth-order valence-corrected chi connectivity index (χ4v) is 4.41. The highest BCUT2D eigenvalue weighted by Gasteiger charge is 2.35. The van der Waals surface area contributed by atoms with Gasteiger partial charge in [0.1, 0.15) is 0 Å². The summed E-state index contributed by atoms with van der Waals surface area (Å²) in [6.07, 6.45) is -3.99. The summed E-state index contributed by atoms with van der Waals surface area (Å²) in [7, 11) is -3.94. The minimum Gasteiger partial charge on any atom is -0.344 e. The monoisotopic (exact) mass is 506 g/mol. The van der Waals surface area contributed by atoms with E-state index in [2.05, 4.69) is 20.0 Å². The van der Waals surface area contributed by atoms with Gasteiger partial charge in [-0.2, -0.15) is 13.2 Å². The topological polar surface area (TPSA) is 101 Å². The number of fused-ring (bicyclic) bond motifs is 1. The van der Waals surface area contributed by atoms with Crippen LogP contribution >= 0.6 is 11.3 Å². The van der Waals surface area contributed by atoms with E-state index in [1.54, 1.807) is 42.5 Å². The zero-order valence-electron chi connectivity index (χ0n) is 17.6. The molecule has 2 aromatic heterocycles. The SMILES string of the molecule is CS(=O)(=O)Nc1nc(C(=O)NCc2cccs2)nc2c(C(F)(F)F)cc(-c3ccccc3)cc12. The Kier molecular flexibility index (Phi) is 6.28. The molecule has 0 atom stereocenters. The first-order valence-electron chi connectivity index (χ1n) is 9.78. The van der Waals surface area contributed by atoms with E-state index in [0.29, 0.717) is 5.56 Å². The summed E-state index contributed by atoms with van der Waals surface area (Å²) >= 11 is 1.38. The quantitative estimate of drug-likeness (QED) is 0.396. The molecule has 2 N–H and O–H groups in total. The Labute approximate surface area is 196 Å². The maximum atomic E-state index is 14.1. The van der Waals surface area contributed by atoms with Crippen molar-refractivity contribution in [2.24, 2.45) is 0 Å². The largest absolute Gasteiger partial charge is 0.418 e. The van der Waals surface area contributed by atoms with Crippen LogP contribution in [0.25, 0.3) is 22.0 Å². The molecule has 34 heavy (non-hydrogen) atoms. The lowest BCUT2D eigenvalue weighted by atomic mass is 9.99. The molecule has 0 spiro atoms. The number of carbonyl (C=O) groups is 1. The van der Waals surface area contributed by atoms with Gasteiger partial charge >= 0.3 is 6.18 Å². The van der Waals surface area contributed by atoms with E-state index in [9.17, 15) is 26.4 Å². The Balaban J connectivity index is 1.91. The van der Waals surface area contributed by atoms with Crippen LogP contribution in [-0.2, 0) is 22.7 Å². The molecule has 0 saturated carbocycles. The van der Waals surface area contributed by atoms with Crippen LogP contribution in [0, 0.1) is 0 Å².